The van der Waals surface area contributed by atoms with E-state index in [0.29, 0.717) is 23.4 Å². The van der Waals surface area contributed by atoms with Crippen LogP contribution in [0.3, 0.4) is 0 Å². The van der Waals surface area contributed by atoms with E-state index in [1.54, 1.807) is 24.3 Å². The van der Waals surface area contributed by atoms with Crippen LogP contribution in [0, 0.1) is 0 Å². The molecule has 0 unspecified atom stereocenters. The maximum atomic E-state index is 12.2. The number of nitrogens with zero attached hydrogens (tertiary/aromatic N) is 1. The van der Waals surface area contributed by atoms with E-state index < -0.39 is 0 Å². The molecule has 6 nitrogen and oxygen atoms in total. The lowest BCUT2D eigenvalue weighted by Gasteiger charge is -2.38. The van der Waals surface area contributed by atoms with Gasteiger partial charge in [0.15, 0.2) is 0 Å². The molecule has 0 spiro atoms. The third-order valence-electron chi connectivity index (χ3n) is 4.30. The standard InChI is InChI=1S/C17H21N3O3/c1-11-4-3-5-12(2)20(11)19-17(22)18-14-7-8-15-13(10-14)6-9-16(21)23-15/h6-12H,3-5H2,1-2H3,(H2,18,19,22)/t11-,12+. The van der Waals surface area contributed by atoms with Crippen LogP contribution in [-0.4, -0.2) is 23.1 Å². The van der Waals surface area contributed by atoms with Gasteiger partial charge in [0, 0.05) is 29.2 Å². The summed E-state index contributed by atoms with van der Waals surface area (Å²) in [5.74, 6) is 0. The van der Waals surface area contributed by atoms with Crippen LogP contribution in [0.25, 0.3) is 11.0 Å². The monoisotopic (exact) mass is 315 g/mol. The first-order valence-corrected chi connectivity index (χ1v) is 7.93. The number of carbonyl (C=O) groups excluding carboxylic acids is 1. The average Bonchev–Trinajstić information content (AvgIpc) is 2.51. The Balaban J connectivity index is 1.70. The summed E-state index contributed by atoms with van der Waals surface area (Å²) < 4.78 is 5.08. The lowest BCUT2D eigenvalue weighted by atomic mass is 10.00. The van der Waals surface area contributed by atoms with Crippen molar-refractivity contribution in [3.63, 3.8) is 0 Å². The van der Waals surface area contributed by atoms with Crippen LogP contribution in [0.4, 0.5) is 10.5 Å². The molecular formula is C17H21N3O3. The highest BCUT2D eigenvalue weighted by Gasteiger charge is 2.26. The van der Waals surface area contributed by atoms with Gasteiger partial charge in [0.05, 0.1) is 0 Å². The predicted molar refractivity (Wildman–Crippen MR) is 89.3 cm³/mol. The molecule has 2 aromatic rings. The third kappa shape index (κ3) is 3.53. The number of nitrogens with one attached hydrogen (secondary N) is 2. The Hall–Kier alpha value is -2.34. The smallest absolute Gasteiger partial charge is 0.336 e. The zero-order valence-electron chi connectivity index (χ0n) is 13.3. The van der Waals surface area contributed by atoms with E-state index >= 15 is 0 Å². The fourth-order valence-electron chi connectivity index (χ4n) is 3.07. The molecule has 3 rings (SSSR count). The zero-order chi connectivity index (χ0) is 16.4. The van der Waals surface area contributed by atoms with Gasteiger partial charge in [-0.3, -0.25) is 5.43 Å². The molecule has 0 radical (unpaired) electrons. The van der Waals surface area contributed by atoms with Crippen molar-refractivity contribution < 1.29 is 9.21 Å². The summed E-state index contributed by atoms with van der Waals surface area (Å²) in [6.45, 7) is 4.24. The molecule has 1 fully saturated rings. The predicted octanol–water partition coefficient (Wildman–Crippen LogP) is 3.09. The Labute approximate surface area is 134 Å². The van der Waals surface area contributed by atoms with Gasteiger partial charge >= 0.3 is 11.7 Å². The molecule has 2 atom stereocenters. The normalized spacial score (nSPS) is 22.0. The molecular weight excluding hydrogens is 294 g/mol. The van der Waals surface area contributed by atoms with E-state index in [0.717, 1.165) is 18.2 Å². The van der Waals surface area contributed by atoms with Gasteiger partial charge in [0.25, 0.3) is 0 Å². The third-order valence-corrected chi connectivity index (χ3v) is 4.30. The van der Waals surface area contributed by atoms with Crippen LogP contribution in [0.15, 0.2) is 39.5 Å². The van der Waals surface area contributed by atoms with Crippen molar-refractivity contribution in [3.05, 3.63) is 40.8 Å². The van der Waals surface area contributed by atoms with Crippen LogP contribution in [0.2, 0.25) is 0 Å². The second kappa shape index (κ2) is 6.42. The molecule has 0 aliphatic carbocycles. The largest absolute Gasteiger partial charge is 0.423 e. The number of hydrogen-bond donors (Lipinski definition) is 2. The zero-order valence-corrected chi connectivity index (χ0v) is 13.3. The Morgan fingerprint density at radius 3 is 2.65 bits per heavy atom. The fraction of sp³-hybridized carbons (Fsp3) is 0.412. The Morgan fingerprint density at radius 2 is 1.91 bits per heavy atom. The summed E-state index contributed by atoms with van der Waals surface area (Å²) in [6, 6.07) is 8.61. The number of carbonyl (C=O) groups is 1. The highest BCUT2D eigenvalue weighted by Crippen LogP contribution is 2.21. The maximum absolute atomic E-state index is 12.2. The van der Waals surface area contributed by atoms with E-state index in [4.69, 9.17) is 4.42 Å². The molecule has 1 aromatic heterocycles. The summed E-state index contributed by atoms with van der Waals surface area (Å²) >= 11 is 0. The van der Waals surface area contributed by atoms with Crippen molar-refractivity contribution in [1.82, 2.24) is 10.4 Å². The minimum atomic E-state index is -0.385. The highest BCUT2D eigenvalue weighted by molar-refractivity contribution is 5.91. The lowest BCUT2D eigenvalue weighted by molar-refractivity contribution is 0.0625. The quantitative estimate of drug-likeness (QED) is 0.835. The van der Waals surface area contributed by atoms with E-state index in [-0.39, 0.29) is 11.7 Å². The molecule has 1 aliphatic heterocycles. The van der Waals surface area contributed by atoms with Gasteiger partial charge in [-0.25, -0.2) is 14.6 Å². The van der Waals surface area contributed by atoms with E-state index in [2.05, 4.69) is 24.6 Å². The van der Waals surface area contributed by atoms with Gasteiger partial charge in [-0.1, -0.05) is 6.42 Å². The molecule has 0 saturated carbocycles. The number of fused-ring (bicyclic) bond motifs is 1. The molecule has 1 aliphatic rings. The molecule has 2 amide bonds. The summed E-state index contributed by atoms with van der Waals surface area (Å²) in [6.07, 6.45) is 3.36. The van der Waals surface area contributed by atoms with Crippen molar-refractivity contribution in [1.29, 1.82) is 0 Å². The van der Waals surface area contributed by atoms with Crippen LogP contribution in [0.5, 0.6) is 0 Å². The molecule has 1 aromatic carbocycles. The number of amides is 2. The summed E-state index contributed by atoms with van der Waals surface area (Å²) in [7, 11) is 0. The topological polar surface area (TPSA) is 74.6 Å². The Bertz CT molecular complexity index is 761. The van der Waals surface area contributed by atoms with Gasteiger partial charge in [-0.2, -0.15) is 0 Å². The number of hydrazine groups is 1. The van der Waals surface area contributed by atoms with Crippen LogP contribution < -0.4 is 16.4 Å². The first kappa shape index (κ1) is 15.6. The molecule has 0 bridgehead atoms. The molecule has 1 saturated heterocycles. The van der Waals surface area contributed by atoms with Crippen LogP contribution in [-0.2, 0) is 0 Å². The average molecular weight is 315 g/mol. The first-order chi connectivity index (χ1) is 11.0. The second-order valence-corrected chi connectivity index (χ2v) is 6.11. The number of benzene rings is 1. The molecule has 122 valence electrons. The summed E-state index contributed by atoms with van der Waals surface area (Å²) in [4.78, 5) is 23.4. The molecule has 6 heteroatoms. The van der Waals surface area contributed by atoms with Crippen molar-refractivity contribution >= 4 is 22.7 Å². The molecule has 23 heavy (non-hydrogen) atoms. The second-order valence-electron chi connectivity index (χ2n) is 6.11. The number of piperidine rings is 1. The molecule has 2 heterocycles. The minimum Gasteiger partial charge on any atom is -0.423 e. The molecule has 2 N–H and O–H groups in total. The van der Waals surface area contributed by atoms with Crippen LogP contribution in [0.1, 0.15) is 33.1 Å². The maximum Gasteiger partial charge on any atom is 0.336 e. The Morgan fingerprint density at radius 1 is 1.17 bits per heavy atom. The van der Waals surface area contributed by atoms with Crippen molar-refractivity contribution in [2.75, 3.05) is 5.32 Å². The van der Waals surface area contributed by atoms with Crippen molar-refractivity contribution in [2.45, 2.75) is 45.2 Å². The number of rotatable bonds is 2. The van der Waals surface area contributed by atoms with Gasteiger partial charge in [0.1, 0.15) is 5.58 Å². The van der Waals surface area contributed by atoms with Gasteiger partial charge in [-0.05, 0) is 51.0 Å². The van der Waals surface area contributed by atoms with E-state index in [1.165, 1.54) is 12.5 Å². The van der Waals surface area contributed by atoms with Crippen LogP contribution >= 0.6 is 0 Å². The minimum absolute atomic E-state index is 0.262. The van der Waals surface area contributed by atoms with Crippen molar-refractivity contribution in [2.24, 2.45) is 0 Å². The van der Waals surface area contributed by atoms with Crippen molar-refractivity contribution in [3.8, 4) is 0 Å². The highest BCUT2D eigenvalue weighted by atomic mass is 16.4. The SMILES string of the molecule is C[C@@H]1CCC[C@H](C)N1NC(=O)Nc1ccc2oc(=O)ccc2c1. The fourth-order valence-corrected chi connectivity index (χ4v) is 3.07. The van der Waals surface area contributed by atoms with Gasteiger partial charge in [-0.15, -0.1) is 0 Å². The van der Waals surface area contributed by atoms with E-state index in [1.807, 2.05) is 5.01 Å². The van der Waals surface area contributed by atoms with Gasteiger partial charge in [0.2, 0.25) is 0 Å². The first-order valence-electron chi connectivity index (χ1n) is 7.93. The number of hydrogen-bond acceptors (Lipinski definition) is 4. The van der Waals surface area contributed by atoms with Gasteiger partial charge < -0.3 is 9.73 Å². The summed E-state index contributed by atoms with van der Waals surface area (Å²) in [5.41, 5.74) is 3.70. The lowest BCUT2D eigenvalue weighted by Crippen LogP contribution is -2.55. The Kier molecular flexibility index (Phi) is 4.34. The summed E-state index contributed by atoms with van der Waals surface area (Å²) in [5, 5.41) is 5.60. The number of anilines is 1. The van der Waals surface area contributed by atoms with E-state index in [9.17, 15) is 9.59 Å². The number of urea groups is 1.